The minimum atomic E-state index is 0.633. The van der Waals surface area contributed by atoms with Crippen molar-refractivity contribution < 1.29 is 4.74 Å². The molecule has 0 aromatic heterocycles. The first-order valence-corrected chi connectivity index (χ1v) is 8.10. The highest BCUT2D eigenvalue weighted by molar-refractivity contribution is 6.30. The van der Waals surface area contributed by atoms with Gasteiger partial charge < -0.3 is 10.1 Å². The molecule has 0 bridgehead atoms. The molecule has 2 atom stereocenters. The fourth-order valence-electron chi connectivity index (χ4n) is 4.04. The third-order valence-corrected chi connectivity index (χ3v) is 5.20. The van der Waals surface area contributed by atoms with Crippen LogP contribution in [0.4, 0.5) is 0 Å². The van der Waals surface area contributed by atoms with Crippen LogP contribution in [0.2, 0.25) is 5.02 Å². The molecule has 4 heteroatoms. The van der Waals surface area contributed by atoms with Crippen molar-refractivity contribution in [2.24, 2.45) is 0 Å². The summed E-state index contributed by atoms with van der Waals surface area (Å²) in [4.78, 5) is 2.64. The van der Waals surface area contributed by atoms with Gasteiger partial charge in [-0.1, -0.05) is 11.6 Å². The maximum Gasteiger partial charge on any atom is 0.127 e. The van der Waals surface area contributed by atoms with Crippen LogP contribution in [-0.2, 0) is 13.0 Å². The third kappa shape index (κ3) is 2.22. The van der Waals surface area contributed by atoms with Gasteiger partial charge in [-0.25, -0.2) is 0 Å². The smallest absolute Gasteiger partial charge is 0.127 e. The summed E-state index contributed by atoms with van der Waals surface area (Å²) in [5.41, 5.74) is 2.49. The number of benzene rings is 1. The van der Waals surface area contributed by atoms with Crippen molar-refractivity contribution in [3.8, 4) is 5.75 Å². The molecular weight excluding hydrogens is 272 g/mol. The van der Waals surface area contributed by atoms with Crippen LogP contribution in [-0.4, -0.2) is 36.7 Å². The molecule has 2 fully saturated rings. The van der Waals surface area contributed by atoms with Crippen molar-refractivity contribution in [1.82, 2.24) is 10.2 Å². The summed E-state index contributed by atoms with van der Waals surface area (Å²) >= 11 is 6.22. The lowest BCUT2D eigenvalue weighted by Gasteiger charge is -2.22. The van der Waals surface area contributed by atoms with Gasteiger partial charge in [0.2, 0.25) is 0 Å². The molecular formula is C16H21ClN2O. The first-order chi connectivity index (χ1) is 9.81. The summed E-state index contributed by atoms with van der Waals surface area (Å²) in [6.07, 6.45) is 4.97. The molecule has 0 spiro atoms. The molecule has 3 aliphatic heterocycles. The van der Waals surface area contributed by atoms with E-state index >= 15 is 0 Å². The largest absolute Gasteiger partial charge is 0.493 e. The molecule has 20 heavy (non-hydrogen) atoms. The summed E-state index contributed by atoms with van der Waals surface area (Å²) in [7, 11) is 0. The van der Waals surface area contributed by atoms with E-state index in [1.807, 2.05) is 6.07 Å². The van der Waals surface area contributed by atoms with Crippen LogP contribution in [0.25, 0.3) is 0 Å². The van der Waals surface area contributed by atoms with Gasteiger partial charge in [-0.3, -0.25) is 4.90 Å². The molecule has 1 N–H and O–H groups in total. The van der Waals surface area contributed by atoms with Crippen LogP contribution in [0.3, 0.4) is 0 Å². The average molecular weight is 293 g/mol. The summed E-state index contributed by atoms with van der Waals surface area (Å²) in [5, 5.41) is 4.58. The standard InChI is InChI=1S/C16H21ClN2O/c17-13-8-11-4-7-20-16(11)12(9-13)10-18-14-3-6-19-5-1-2-15(14)19/h8-9,14-15,18H,1-7,10H2. The Labute approximate surface area is 125 Å². The van der Waals surface area contributed by atoms with Crippen LogP contribution in [0.1, 0.15) is 30.4 Å². The third-order valence-electron chi connectivity index (χ3n) is 4.99. The van der Waals surface area contributed by atoms with Crippen molar-refractivity contribution in [3.05, 3.63) is 28.3 Å². The Kier molecular flexibility index (Phi) is 3.37. The number of fused-ring (bicyclic) bond motifs is 2. The number of ether oxygens (including phenoxy) is 1. The van der Waals surface area contributed by atoms with Crippen LogP contribution >= 0.6 is 11.6 Å². The van der Waals surface area contributed by atoms with Gasteiger partial charge >= 0.3 is 0 Å². The predicted octanol–water partition coefficient (Wildman–Crippen LogP) is 2.60. The summed E-state index contributed by atoms with van der Waals surface area (Å²) in [5.74, 6) is 1.07. The van der Waals surface area contributed by atoms with Gasteiger partial charge in [-0.2, -0.15) is 0 Å². The zero-order valence-corrected chi connectivity index (χ0v) is 12.5. The maximum absolute atomic E-state index is 6.22. The van der Waals surface area contributed by atoms with Crippen molar-refractivity contribution >= 4 is 11.6 Å². The molecule has 2 unspecified atom stereocenters. The summed E-state index contributed by atoms with van der Waals surface area (Å²) in [6, 6.07) is 5.48. The van der Waals surface area contributed by atoms with E-state index in [1.165, 1.54) is 43.5 Å². The molecule has 4 rings (SSSR count). The number of nitrogens with zero attached hydrogens (tertiary/aromatic N) is 1. The monoisotopic (exact) mass is 292 g/mol. The van der Waals surface area contributed by atoms with Crippen molar-refractivity contribution in [2.45, 2.75) is 44.3 Å². The molecule has 1 aromatic rings. The van der Waals surface area contributed by atoms with Gasteiger partial charge in [0.15, 0.2) is 0 Å². The number of hydrogen-bond donors (Lipinski definition) is 1. The van der Waals surface area contributed by atoms with Crippen molar-refractivity contribution in [1.29, 1.82) is 0 Å². The van der Waals surface area contributed by atoms with E-state index < -0.39 is 0 Å². The SMILES string of the molecule is Clc1cc2c(c(CNC3CCN4CCCC34)c1)OCC2. The summed E-state index contributed by atoms with van der Waals surface area (Å²) < 4.78 is 5.78. The fraction of sp³-hybridized carbons (Fsp3) is 0.625. The van der Waals surface area contributed by atoms with E-state index in [0.717, 1.165) is 36.4 Å². The van der Waals surface area contributed by atoms with E-state index in [0.29, 0.717) is 6.04 Å². The second-order valence-electron chi connectivity index (χ2n) is 6.17. The zero-order valence-electron chi connectivity index (χ0n) is 11.7. The number of rotatable bonds is 3. The normalized spacial score (nSPS) is 28.4. The Balaban J connectivity index is 1.47. The summed E-state index contributed by atoms with van der Waals surface area (Å²) in [6.45, 7) is 4.21. The number of nitrogens with one attached hydrogen (secondary N) is 1. The zero-order chi connectivity index (χ0) is 13.5. The molecule has 108 valence electrons. The van der Waals surface area contributed by atoms with E-state index in [-0.39, 0.29) is 0 Å². The quantitative estimate of drug-likeness (QED) is 0.927. The molecule has 3 heterocycles. The maximum atomic E-state index is 6.22. The Morgan fingerprint density at radius 2 is 2.25 bits per heavy atom. The van der Waals surface area contributed by atoms with E-state index in [9.17, 15) is 0 Å². The first-order valence-electron chi connectivity index (χ1n) is 7.73. The molecule has 2 saturated heterocycles. The Morgan fingerprint density at radius 3 is 3.20 bits per heavy atom. The van der Waals surface area contributed by atoms with Gasteiger partial charge in [-0.05, 0) is 43.5 Å². The second-order valence-corrected chi connectivity index (χ2v) is 6.61. The molecule has 0 amide bonds. The fourth-order valence-corrected chi connectivity index (χ4v) is 4.30. The van der Waals surface area contributed by atoms with Crippen LogP contribution < -0.4 is 10.1 Å². The predicted molar refractivity (Wildman–Crippen MR) is 80.5 cm³/mol. The van der Waals surface area contributed by atoms with Gasteiger partial charge in [0.25, 0.3) is 0 Å². The molecule has 3 nitrogen and oxygen atoms in total. The van der Waals surface area contributed by atoms with E-state index in [1.54, 1.807) is 0 Å². The molecule has 3 aliphatic rings. The van der Waals surface area contributed by atoms with Gasteiger partial charge in [0, 0.05) is 42.2 Å². The molecule has 1 aromatic carbocycles. The minimum absolute atomic E-state index is 0.633. The lowest BCUT2D eigenvalue weighted by atomic mass is 10.0. The molecule has 0 aliphatic carbocycles. The number of hydrogen-bond acceptors (Lipinski definition) is 3. The molecule has 0 radical (unpaired) electrons. The lowest BCUT2D eigenvalue weighted by molar-refractivity contribution is 0.297. The Bertz CT molecular complexity index is 519. The highest BCUT2D eigenvalue weighted by Crippen LogP contribution is 2.33. The first kappa shape index (κ1) is 12.9. The van der Waals surface area contributed by atoms with Crippen LogP contribution in [0, 0.1) is 0 Å². The van der Waals surface area contributed by atoms with E-state index in [2.05, 4.69) is 16.3 Å². The highest BCUT2D eigenvalue weighted by Gasteiger charge is 2.36. The minimum Gasteiger partial charge on any atom is -0.493 e. The topological polar surface area (TPSA) is 24.5 Å². The van der Waals surface area contributed by atoms with Crippen LogP contribution in [0.5, 0.6) is 5.75 Å². The Morgan fingerprint density at radius 1 is 1.30 bits per heavy atom. The van der Waals surface area contributed by atoms with Gasteiger partial charge in [-0.15, -0.1) is 0 Å². The highest BCUT2D eigenvalue weighted by atomic mass is 35.5. The molecule has 0 saturated carbocycles. The van der Waals surface area contributed by atoms with Crippen molar-refractivity contribution in [3.63, 3.8) is 0 Å². The average Bonchev–Trinajstić information content (AvgIpc) is 3.12. The lowest BCUT2D eigenvalue weighted by Crippen LogP contribution is -2.38. The second kappa shape index (κ2) is 5.21. The van der Waals surface area contributed by atoms with Crippen molar-refractivity contribution in [2.75, 3.05) is 19.7 Å². The van der Waals surface area contributed by atoms with Gasteiger partial charge in [0.05, 0.1) is 6.61 Å². The van der Waals surface area contributed by atoms with Crippen LogP contribution in [0.15, 0.2) is 12.1 Å². The Hall–Kier alpha value is -0.770. The van der Waals surface area contributed by atoms with E-state index in [4.69, 9.17) is 16.3 Å². The number of halogens is 1. The van der Waals surface area contributed by atoms with Gasteiger partial charge in [0.1, 0.15) is 5.75 Å².